The van der Waals surface area contributed by atoms with Crippen LogP contribution in [0.2, 0.25) is 0 Å². The van der Waals surface area contributed by atoms with Crippen LogP contribution in [0.3, 0.4) is 0 Å². The van der Waals surface area contributed by atoms with Gasteiger partial charge in [0.05, 0.1) is 23.4 Å². The van der Waals surface area contributed by atoms with E-state index in [1.807, 2.05) is 0 Å². The maximum atomic E-state index is 13.3. The zero-order chi connectivity index (χ0) is 22.5. The minimum Gasteiger partial charge on any atom is -0.479 e. The summed E-state index contributed by atoms with van der Waals surface area (Å²) in [6, 6.07) is 15.2. The molecule has 0 aliphatic carbocycles. The molecule has 0 aliphatic rings. The van der Waals surface area contributed by atoms with Gasteiger partial charge in [-0.2, -0.15) is 5.10 Å². The first-order chi connectivity index (χ1) is 15.5. The molecular weight excluding hydrogens is 419 g/mol. The molecule has 0 radical (unpaired) electrons. The lowest BCUT2D eigenvalue weighted by Gasteiger charge is -2.04. The number of anilines is 1. The van der Waals surface area contributed by atoms with Gasteiger partial charge in [-0.3, -0.25) is 19.6 Å². The molecule has 0 saturated heterocycles. The van der Waals surface area contributed by atoms with Crippen molar-refractivity contribution in [1.29, 1.82) is 0 Å². The van der Waals surface area contributed by atoms with Crippen molar-refractivity contribution in [3.05, 3.63) is 106 Å². The minimum absolute atomic E-state index is 0.0454. The number of rotatable bonds is 8. The van der Waals surface area contributed by atoms with Crippen molar-refractivity contribution in [2.24, 2.45) is 0 Å². The molecule has 10 heteroatoms. The zero-order valence-electron chi connectivity index (χ0n) is 16.6. The first kappa shape index (κ1) is 20.8. The molecule has 32 heavy (non-hydrogen) atoms. The number of nitrogens with one attached hydrogen (secondary N) is 1. The van der Waals surface area contributed by atoms with Crippen LogP contribution in [-0.2, 0) is 13.2 Å². The second-order valence-electron chi connectivity index (χ2n) is 6.79. The van der Waals surface area contributed by atoms with Gasteiger partial charge in [-0.25, -0.2) is 4.39 Å². The Morgan fingerprint density at radius 2 is 2.03 bits per heavy atom. The smallest absolute Gasteiger partial charge is 0.310 e. The number of benzene rings is 2. The van der Waals surface area contributed by atoms with E-state index in [1.54, 1.807) is 41.2 Å². The highest BCUT2D eigenvalue weighted by Crippen LogP contribution is 2.27. The highest BCUT2D eigenvalue weighted by Gasteiger charge is 2.16. The lowest BCUT2D eigenvalue weighted by atomic mass is 10.2. The fraction of sp³-hybridized carbons (Fsp3) is 0.0909. The standard InChI is InChI=1S/C22H17FN4O5/c23-16-5-3-4-15(10-16)12-26-13-17(11-24-26)25-22(28)21-9-8-18(32-21)14-31-20-7-2-1-6-19(20)27(29)30/h1-11,13H,12,14H2,(H,25,28). The Balaban J connectivity index is 1.35. The summed E-state index contributed by atoms with van der Waals surface area (Å²) in [5.41, 5.74) is 1.02. The van der Waals surface area contributed by atoms with Gasteiger partial charge >= 0.3 is 5.69 Å². The molecule has 0 aliphatic heterocycles. The molecule has 0 atom stereocenters. The summed E-state index contributed by atoms with van der Waals surface area (Å²) in [5.74, 6) is -0.348. The largest absolute Gasteiger partial charge is 0.479 e. The van der Waals surface area contributed by atoms with Gasteiger partial charge in [0.1, 0.15) is 18.2 Å². The molecule has 4 aromatic rings. The summed E-state index contributed by atoms with van der Waals surface area (Å²) in [4.78, 5) is 22.9. The summed E-state index contributed by atoms with van der Waals surface area (Å²) < 4.78 is 25.8. The number of nitro groups is 1. The third-order valence-electron chi connectivity index (χ3n) is 4.44. The number of nitro benzene ring substituents is 1. The summed E-state index contributed by atoms with van der Waals surface area (Å²) in [6.45, 7) is 0.269. The molecule has 2 aromatic heterocycles. The fourth-order valence-corrected chi connectivity index (χ4v) is 2.99. The highest BCUT2D eigenvalue weighted by molar-refractivity contribution is 6.02. The highest BCUT2D eigenvalue weighted by atomic mass is 19.1. The van der Waals surface area contributed by atoms with E-state index in [2.05, 4.69) is 10.4 Å². The molecule has 1 N–H and O–H groups in total. The average molecular weight is 436 g/mol. The maximum Gasteiger partial charge on any atom is 0.310 e. The van der Waals surface area contributed by atoms with Crippen LogP contribution in [0.25, 0.3) is 0 Å². The molecule has 1 amide bonds. The number of ether oxygens (including phenoxy) is 1. The van der Waals surface area contributed by atoms with Gasteiger partial charge in [0.15, 0.2) is 11.5 Å². The number of amides is 1. The normalized spacial score (nSPS) is 10.7. The molecular formula is C22H17FN4O5. The van der Waals surface area contributed by atoms with Crippen molar-refractivity contribution in [1.82, 2.24) is 9.78 Å². The van der Waals surface area contributed by atoms with Crippen molar-refractivity contribution in [2.75, 3.05) is 5.32 Å². The van der Waals surface area contributed by atoms with Crippen LogP contribution >= 0.6 is 0 Å². The molecule has 2 heterocycles. The van der Waals surface area contributed by atoms with Gasteiger partial charge < -0.3 is 14.5 Å². The van der Waals surface area contributed by atoms with E-state index in [0.717, 1.165) is 5.56 Å². The van der Waals surface area contributed by atoms with E-state index in [4.69, 9.17) is 9.15 Å². The molecule has 0 spiro atoms. The van der Waals surface area contributed by atoms with Crippen LogP contribution in [0.5, 0.6) is 5.75 Å². The molecule has 0 fully saturated rings. The van der Waals surface area contributed by atoms with Gasteiger partial charge in [0.2, 0.25) is 0 Å². The molecule has 0 saturated carbocycles. The van der Waals surface area contributed by atoms with Crippen molar-refractivity contribution >= 4 is 17.3 Å². The van der Waals surface area contributed by atoms with E-state index >= 15 is 0 Å². The summed E-state index contributed by atoms with van der Waals surface area (Å²) in [5, 5.41) is 17.9. The van der Waals surface area contributed by atoms with Crippen molar-refractivity contribution < 1.29 is 23.3 Å². The molecule has 9 nitrogen and oxygen atoms in total. The second-order valence-corrected chi connectivity index (χ2v) is 6.79. The number of carbonyl (C=O) groups excluding carboxylic acids is 1. The van der Waals surface area contributed by atoms with Crippen LogP contribution in [0.4, 0.5) is 15.8 Å². The summed E-state index contributed by atoms with van der Waals surface area (Å²) >= 11 is 0. The Labute approximate surface area is 181 Å². The zero-order valence-corrected chi connectivity index (χ0v) is 16.6. The Hall–Kier alpha value is -4.47. The van der Waals surface area contributed by atoms with Crippen molar-refractivity contribution in [3.63, 3.8) is 0 Å². The SMILES string of the molecule is O=C(Nc1cnn(Cc2cccc(F)c2)c1)c1ccc(COc2ccccc2[N+](=O)[O-])o1. The third kappa shape index (κ3) is 4.98. The maximum absolute atomic E-state index is 13.3. The van der Waals surface area contributed by atoms with E-state index in [-0.39, 0.29) is 29.6 Å². The quantitative estimate of drug-likeness (QED) is 0.324. The van der Waals surface area contributed by atoms with Gasteiger partial charge in [-0.15, -0.1) is 0 Å². The first-order valence-electron chi connectivity index (χ1n) is 9.51. The minimum atomic E-state index is -0.537. The Morgan fingerprint density at radius 3 is 2.84 bits per heavy atom. The molecule has 2 aromatic carbocycles. The van der Waals surface area contributed by atoms with Gasteiger partial charge in [-0.05, 0) is 35.9 Å². The van der Waals surface area contributed by atoms with Crippen molar-refractivity contribution in [2.45, 2.75) is 13.2 Å². The Morgan fingerprint density at radius 1 is 1.19 bits per heavy atom. The average Bonchev–Trinajstić information content (AvgIpc) is 3.42. The van der Waals surface area contributed by atoms with E-state index < -0.39 is 10.8 Å². The van der Waals surface area contributed by atoms with Gasteiger partial charge in [0, 0.05) is 12.3 Å². The number of hydrogen-bond acceptors (Lipinski definition) is 6. The monoisotopic (exact) mass is 436 g/mol. The number of para-hydroxylation sites is 2. The lowest BCUT2D eigenvalue weighted by molar-refractivity contribution is -0.386. The van der Waals surface area contributed by atoms with Crippen LogP contribution in [0, 0.1) is 15.9 Å². The van der Waals surface area contributed by atoms with E-state index in [0.29, 0.717) is 18.0 Å². The lowest BCUT2D eigenvalue weighted by Crippen LogP contribution is -2.10. The Bertz CT molecular complexity index is 1270. The number of furan rings is 1. The van der Waals surface area contributed by atoms with Crippen LogP contribution in [-0.4, -0.2) is 20.6 Å². The topological polar surface area (TPSA) is 112 Å². The molecule has 0 bridgehead atoms. The molecule has 162 valence electrons. The van der Waals surface area contributed by atoms with Crippen LogP contribution < -0.4 is 10.1 Å². The molecule has 4 rings (SSSR count). The van der Waals surface area contributed by atoms with E-state index in [9.17, 15) is 19.3 Å². The van der Waals surface area contributed by atoms with Gasteiger partial charge in [-0.1, -0.05) is 24.3 Å². The number of aromatic nitrogens is 2. The summed E-state index contributed by atoms with van der Waals surface area (Å²) in [7, 11) is 0. The summed E-state index contributed by atoms with van der Waals surface area (Å²) in [6.07, 6.45) is 3.09. The van der Waals surface area contributed by atoms with E-state index in [1.165, 1.54) is 36.5 Å². The first-order valence-corrected chi connectivity index (χ1v) is 9.51. The number of hydrogen-bond donors (Lipinski definition) is 1. The molecule has 0 unspecified atom stereocenters. The third-order valence-corrected chi connectivity index (χ3v) is 4.44. The second kappa shape index (κ2) is 9.13. The predicted molar refractivity (Wildman–Crippen MR) is 112 cm³/mol. The predicted octanol–water partition coefficient (Wildman–Crippen LogP) is 4.40. The van der Waals surface area contributed by atoms with Crippen molar-refractivity contribution in [3.8, 4) is 5.75 Å². The number of nitrogens with zero attached hydrogens (tertiary/aromatic N) is 3. The van der Waals surface area contributed by atoms with Gasteiger partial charge in [0.25, 0.3) is 5.91 Å². The Kier molecular flexibility index (Phi) is 5.93. The number of carbonyl (C=O) groups is 1. The van der Waals surface area contributed by atoms with Crippen LogP contribution in [0.15, 0.2) is 77.5 Å². The number of halogens is 1. The van der Waals surface area contributed by atoms with Crippen LogP contribution in [0.1, 0.15) is 21.9 Å². The fourth-order valence-electron chi connectivity index (χ4n) is 2.99.